The van der Waals surface area contributed by atoms with Crippen LogP contribution in [0.25, 0.3) is 0 Å². The number of hydrogen-bond acceptors (Lipinski definition) is 2. The monoisotopic (exact) mass is 400 g/mol. The van der Waals surface area contributed by atoms with E-state index in [0.29, 0.717) is 6.42 Å². The molecule has 0 amide bonds. The second kappa shape index (κ2) is 13.2. The van der Waals surface area contributed by atoms with Gasteiger partial charge in [0.05, 0.1) is 0 Å². The molecule has 0 saturated carbocycles. The normalized spacial score (nSPS) is 12.1. The summed E-state index contributed by atoms with van der Waals surface area (Å²) in [6.07, 6.45) is 13.1. The fourth-order valence-corrected chi connectivity index (χ4v) is 4.02. The molecule has 0 bridgehead atoms. The van der Waals surface area contributed by atoms with Crippen LogP contribution in [0.3, 0.4) is 0 Å². The van der Waals surface area contributed by atoms with Gasteiger partial charge in [-0.15, -0.1) is 0 Å². The van der Waals surface area contributed by atoms with Crippen LogP contribution < -0.4 is 0 Å². The molecule has 0 radical (unpaired) electrons. The predicted molar refractivity (Wildman–Crippen MR) is 127 cm³/mol. The average Bonchev–Trinajstić information content (AvgIpc) is 2.63. The van der Waals surface area contributed by atoms with E-state index in [1.165, 1.54) is 44.1 Å². The van der Waals surface area contributed by atoms with Crippen LogP contribution in [0.15, 0.2) is 18.0 Å². The molecule has 2 nitrogen and oxygen atoms in total. The quantitative estimate of drug-likeness (QED) is 0.240. The van der Waals surface area contributed by atoms with Gasteiger partial charge in [0.2, 0.25) is 0 Å². The van der Waals surface area contributed by atoms with E-state index in [9.17, 15) is 4.79 Å². The molecule has 1 heterocycles. The molecule has 0 saturated heterocycles. The molecule has 0 N–H and O–H groups in total. The third-order valence-electron chi connectivity index (χ3n) is 5.65. The summed E-state index contributed by atoms with van der Waals surface area (Å²) in [5, 5.41) is 0. The van der Waals surface area contributed by atoms with Gasteiger partial charge in [-0.25, -0.2) is 0 Å². The second-order valence-corrected chi connectivity index (χ2v) is 10.2. The molecule has 1 aromatic heterocycles. The van der Waals surface area contributed by atoms with Crippen molar-refractivity contribution in [2.45, 2.75) is 124 Å². The van der Waals surface area contributed by atoms with Crippen LogP contribution in [0.5, 0.6) is 0 Å². The molecule has 0 aromatic carbocycles. The Bertz CT molecular complexity index is 577. The number of carbonyl (C=O) groups excluding carboxylic acids is 1. The average molecular weight is 400 g/mol. The predicted octanol–water partition coefficient (Wildman–Crippen LogP) is 7.40. The molecule has 0 spiro atoms. The van der Waals surface area contributed by atoms with Crippen molar-refractivity contribution in [3.8, 4) is 0 Å². The molecule has 1 rings (SSSR count). The van der Waals surface area contributed by atoms with Crippen molar-refractivity contribution in [2.24, 2.45) is 5.41 Å². The van der Waals surface area contributed by atoms with Crippen LogP contribution in [-0.2, 0) is 22.4 Å². The molecule has 29 heavy (non-hydrogen) atoms. The van der Waals surface area contributed by atoms with Gasteiger partial charge in [-0.1, -0.05) is 13.8 Å². The van der Waals surface area contributed by atoms with Gasteiger partial charge < -0.3 is 0 Å². The Hall–Kier alpha value is -1.12. The van der Waals surface area contributed by atoms with Crippen molar-refractivity contribution in [2.75, 3.05) is 0 Å². The van der Waals surface area contributed by atoms with Crippen LogP contribution in [0, 0.1) is 5.41 Å². The molecule has 0 unspecified atom stereocenters. The first-order chi connectivity index (χ1) is 13.7. The zero-order chi connectivity index (χ0) is 21.8. The molecule has 0 fully saturated rings. The van der Waals surface area contributed by atoms with Crippen molar-refractivity contribution >= 4 is 12.9 Å². The summed E-state index contributed by atoms with van der Waals surface area (Å²) in [7, 11) is 0. The van der Waals surface area contributed by atoms with Crippen molar-refractivity contribution < 1.29 is 9.53 Å². The van der Waals surface area contributed by atoms with Gasteiger partial charge in [-0.05, 0) is 0 Å². The Morgan fingerprint density at radius 1 is 0.897 bits per heavy atom. The van der Waals surface area contributed by atoms with Gasteiger partial charge in [0, 0.05) is 0 Å². The summed E-state index contributed by atoms with van der Waals surface area (Å²) >= 11 is 0. The van der Waals surface area contributed by atoms with Crippen molar-refractivity contribution in [1.29, 1.82) is 0 Å². The third kappa shape index (κ3) is 11.6. The van der Waals surface area contributed by atoms with Crippen LogP contribution in [0.2, 0.25) is 0 Å². The van der Waals surface area contributed by atoms with Crippen molar-refractivity contribution in [1.82, 2.24) is 0 Å². The zero-order valence-electron chi connectivity index (χ0n) is 20.1. The van der Waals surface area contributed by atoms with Gasteiger partial charge >= 0.3 is 167 Å². The van der Waals surface area contributed by atoms with Gasteiger partial charge in [-0.2, -0.15) is 0 Å². The third-order valence-corrected chi connectivity index (χ3v) is 5.65. The molecule has 0 aliphatic rings. The van der Waals surface area contributed by atoms with E-state index >= 15 is 0 Å². The van der Waals surface area contributed by atoms with E-state index in [1.807, 2.05) is 5.96 Å². The number of hydrogen-bond donors (Lipinski definition) is 0. The minimum atomic E-state index is -0.322. The second-order valence-electron chi connectivity index (χ2n) is 10.2. The van der Waals surface area contributed by atoms with Crippen LogP contribution in [-0.4, -0.2) is 18.5 Å². The van der Waals surface area contributed by atoms with E-state index in [0.717, 1.165) is 37.7 Å². The molecule has 0 aliphatic carbocycles. The summed E-state index contributed by atoms with van der Waals surface area (Å²) < 4.78 is 6.15. The Kier molecular flexibility index (Phi) is 11.8. The summed E-state index contributed by atoms with van der Waals surface area (Å²) in [6, 6.07) is 2.09. The zero-order valence-corrected chi connectivity index (χ0v) is 20.1. The summed E-state index contributed by atoms with van der Waals surface area (Å²) in [6.45, 7) is 15.4. The maximum atomic E-state index is 12.9. The molecular formula is C26H45BO2. The number of esters is 1. The SMILES string of the molecule is CCCCCCC(C)(CCCCCC)OC(=O)Cc1ccbcc1CC(C)(C)C. The van der Waals surface area contributed by atoms with Gasteiger partial charge in [0.15, 0.2) is 0 Å². The van der Waals surface area contributed by atoms with Crippen LogP contribution in [0.1, 0.15) is 117 Å². The van der Waals surface area contributed by atoms with Crippen molar-refractivity contribution in [3.05, 3.63) is 29.1 Å². The first-order valence-electron chi connectivity index (χ1n) is 12.0. The first kappa shape index (κ1) is 25.9. The Morgan fingerprint density at radius 3 is 2.00 bits per heavy atom. The minimum absolute atomic E-state index is 0.0696. The number of rotatable bonds is 14. The number of unbranched alkanes of at least 4 members (excludes halogenated alkanes) is 6. The fourth-order valence-electron chi connectivity index (χ4n) is 4.02. The van der Waals surface area contributed by atoms with Crippen LogP contribution in [0.4, 0.5) is 0 Å². The first-order valence-corrected chi connectivity index (χ1v) is 12.0. The molecule has 0 aliphatic heterocycles. The van der Waals surface area contributed by atoms with Crippen LogP contribution >= 0.6 is 0 Å². The maximum absolute atomic E-state index is 12.9. The Morgan fingerprint density at radius 2 is 1.48 bits per heavy atom. The number of carbonyl (C=O) groups is 1. The molecule has 164 valence electrons. The number of ether oxygens (including phenoxy) is 1. The topological polar surface area (TPSA) is 26.3 Å². The Balaban J connectivity index is 2.75. The molecule has 0 atom stereocenters. The van der Waals surface area contributed by atoms with Crippen molar-refractivity contribution in [3.63, 3.8) is 0 Å². The molecular weight excluding hydrogens is 355 g/mol. The van der Waals surface area contributed by atoms with E-state index in [-0.39, 0.29) is 17.0 Å². The fraction of sp³-hybridized carbons (Fsp3) is 0.769. The summed E-state index contributed by atoms with van der Waals surface area (Å²) in [4.78, 5) is 12.9. The van der Waals surface area contributed by atoms with Gasteiger partial charge in [-0.3, -0.25) is 0 Å². The molecule has 1 aromatic rings. The summed E-state index contributed by atoms with van der Waals surface area (Å²) in [5.74, 6) is 4.12. The summed E-state index contributed by atoms with van der Waals surface area (Å²) in [5.41, 5.74) is 2.27. The standard InChI is InChI=1S/C26H45BO2/c1-7-9-11-13-16-26(6,17-14-12-10-8-2)29-24(28)19-22-15-18-27-21-23(22)20-25(3,4)5/h15,18,21H,7-14,16-17,19-20H2,1-6H3. The van der Waals surface area contributed by atoms with E-state index < -0.39 is 0 Å². The van der Waals surface area contributed by atoms with Gasteiger partial charge in [0.25, 0.3) is 0 Å². The molecule has 3 heteroatoms. The van der Waals surface area contributed by atoms with Gasteiger partial charge in [0.1, 0.15) is 0 Å². The van der Waals surface area contributed by atoms with E-state index in [1.54, 1.807) is 0 Å². The van der Waals surface area contributed by atoms with E-state index in [2.05, 4.69) is 60.5 Å². The Labute approximate surface area is 181 Å². The van der Waals surface area contributed by atoms with E-state index in [4.69, 9.17) is 4.74 Å².